The van der Waals surface area contributed by atoms with Gasteiger partial charge < -0.3 is 0 Å². The summed E-state index contributed by atoms with van der Waals surface area (Å²) in [5.74, 6) is 6.18. The molecule has 1 aromatic heterocycles. The molecule has 0 spiro atoms. The molecule has 2 aromatic rings. The lowest BCUT2D eigenvalue weighted by atomic mass is 10.1. The van der Waals surface area contributed by atoms with Crippen molar-refractivity contribution in [2.75, 3.05) is 19.1 Å². The second-order valence-corrected chi connectivity index (χ2v) is 7.06. The number of hydrazine groups is 1. The highest BCUT2D eigenvalue weighted by Crippen LogP contribution is 2.32. The van der Waals surface area contributed by atoms with Crippen LogP contribution in [0.3, 0.4) is 0 Å². The van der Waals surface area contributed by atoms with Gasteiger partial charge in [0.25, 0.3) is 5.91 Å². The van der Waals surface area contributed by atoms with Crippen LogP contribution in [0.15, 0.2) is 24.3 Å². The SMILES string of the molecule is CSCC(C)N(C)Cc1c(C(=O)NN)sc2ccccc12. The number of carbonyl (C=O) groups excluding carboxylic acids is 1. The van der Waals surface area contributed by atoms with Gasteiger partial charge in [0.2, 0.25) is 0 Å². The maximum absolute atomic E-state index is 12.0. The zero-order valence-electron chi connectivity index (χ0n) is 12.6. The molecule has 1 atom stereocenters. The van der Waals surface area contributed by atoms with Crippen molar-refractivity contribution in [3.8, 4) is 0 Å². The first kappa shape index (κ1) is 16.3. The molecule has 0 aliphatic rings. The Balaban J connectivity index is 2.38. The Kier molecular flexibility index (Phi) is 5.64. The summed E-state index contributed by atoms with van der Waals surface area (Å²) in [6, 6.07) is 8.57. The molecule has 0 aliphatic heterocycles. The molecule has 1 amide bonds. The van der Waals surface area contributed by atoms with E-state index in [0.29, 0.717) is 10.9 Å². The number of thioether (sulfide) groups is 1. The van der Waals surface area contributed by atoms with Crippen molar-refractivity contribution < 1.29 is 4.79 Å². The van der Waals surface area contributed by atoms with Crippen LogP contribution in [-0.2, 0) is 6.54 Å². The van der Waals surface area contributed by atoms with Crippen LogP contribution < -0.4 is 11.3 Å². The summed E-state index contributed by atoms with van der Waals surface area (Å²) >= 11 is 3.33. The molecule has 2 rings (SSSR count). The fourth-order valence-electron chi connectivity index (χ4n) is 2.28. The molecule has 1 unspecified atom stereocenters. The van der Waals surface area contributed by atoms with Crippen LogP contribution in [0.1, 0.15) is 22.2 Å². The lowest BCUT2D eigenvalue weighted by molar-refractivity contribution is 0.0956. The molecule has 0 fully saturated rings. The largest absolute Gasteiger partial charge is 0.299 e. The van der Waals surface area contributed by atoms with Crippen molar-refractivity contribution in [2.24, 2.45) is 5.84 Å². The molecule has 0 aliphatic carbocycles. The molecular formula is C15H21N3OS2. The van der Waals surface area contributed by atoms with Gasteiger partial charge in [0.15, 0.2) is 0 Å². The van der Waals surface area contributed by atoms with E-state index >= 15 is 0 Å². The average molecular weight is 323 g/mol. The van der Waals surface area contributed by atoms with Gasteiger partial charge in [-0.1, -0.05) is 18.2 Å². The number of fused-ring (bicyclic) bond motifs is 1. The highest BCUT2D eigenvalue weighted by molar-refractivity contribution is 7.98. The summed E-state index contributed by atoms with van der Waals surface area (Å²) in [5.41, 5.74) is 3.32. The first-order valence-electron chi connectivity index (χ1n) is 6.79. The summed E-state index contributed by atoms with van der Waals surface area (Å²) in [6.07, 6.45) is 2.11. The fraction of sp³-hybridized carbons (Fsp3) is 0.400. The molecular weight excluding hydrogens is 302 g/mol. The van der Waals surface area contributed by atoms with Gasteiger partial charge in [0.1, 0.15) is 0 Å². The van der Waals surface area contributed by atoms with E-state index in [1.807, 2.05) is 30.0 Å². The number of carbonyl (C=O) groups is 1. The Morgan fingerprint density at radius 3 is 2.86 bits per heavy atom. The monoisotopic (exact) mass is 323 g/mol. The second kappa shape index (κ2) is 7.26. The quantitative estimate of drug-likeness (QED) is 0.487. The molecule has 114 valence electrons. The number of nitrogens with zero attached hydrogens (tertiary/aromatic N) is 1. The van der Waals surface area contributed by atoms with Crippen molar-refractivity contribution in [3.05, 3.63) is 34.7 Å². The van der Waals surface area contributed by atoms with Gasteiger partial charge >= 0.3 is 0 Å². The maximum Gasteiger partial charge on any atom is 0.275 e. The number of rotatable bonds is 6. The van der Waals surface area contributed by atoms with Gasteiger partial charge in [0, 0.05) is 23.0 Å². The van der Waals surface area contributed by atoms with Crippen LogP contribution in [0.2, 0.25) is 0 Å². The summed E-state index contributed by atoms with van der Waals surface area (Å²) in [5, 5.41) is 1.14. The van der Waals surface area contributed by atoms with Crippen molar-refractivity contribution >= 4 is 39.1 Å². The van der Waals surface area contributed by atoms with Crippen molar-refractivity contribution in [3.63, 3.8) is 0 Å². The number of hydrogen-bond donors (Lipinski definition) is 2. The molecule has 1 heterocycles. The van der Waals surface area contributed by atoms with Crippen LogP contribution >= 0.6 is 23.1 Å². The van der Waals surface area contributed by atoms with E-state index in [2.05, 4.69) is 36.6 Å². The summed E-state index contributed by atoms with van der Waals surface area (Å²) in [6.45, 7) is 2.95. The van der Waals surface area contributed by atoms with E-state index in [1.165, 1.54) is 11.3 Å². The topological polar surface area (TPSA) is 58.4 Å². The van der Waals surface area contributed by atoms with Crippen LogP contribution in [-0.4, -0.2) is 35.9 Å². The average Bonchev–Trinajstić information content (AvgIpc) is 2.85. The smallest absolute Gasteiger partial charge is 0.275 e. The minimum absolute atomic E-state index is 0.211. The third kappa shape index (κ3) is 3.58. The van der Waals surface area contributed by atoms with E-state index in [9.17, 15) is 4.79 Å². The van der Waals surface area contributed by atoms with Crippen molar-refractivity contribution in [1.29, 1.82) is 0 Å². The summed E-state index contributed by atoms with van der Waals surface area (Å²) < 4.78 is 1.12. The van der Waals surface area contributed by atoms with E-state index in [4.69, 9.17) is 5.84 Å². The number of amides is 1. The van der Waals surface area contributed by atoms with E-state index in [-0.39, 0.29) is 5.91 Å². The predicted octanol–water partition coefficient (Wildman–Crippen LogP) is 2.69. The van der Waals surface area contributed by atoms with E-state index in [0.717, 1.165) is 27.9 Å². The molecule has 4 nitrogen and oxygen atoms in total. The zero-order chi connectivity index (χ0) is 15.4. The Morgan fingerprint density at radius 2 is 2.19 bits per heavy atom. The molecule has 0 bridgehead atoms. The lowest BCUT2D eigenvalue weighted by Crippen LogP contribution is -2.33. The number of nitrogens with one attached hydrogen (secondary N) is 1. The van der Waals surface area contributed by atoms with Crippen LogP contribution in [0.25, 0.3) is 10.1 Å². The maximum atomic E-state index is 12.0. The van der Waals surface area contributed by atoms with Gasteiger partial charge in [-0.2, -0.15) is 11.8 Å². The normalized spacial score (nSPS) is 12.8. The Hall–Kier alpha value is -1.08. The van der Waals surface area contributed by atoms with Gasteiger partial charge in [-0.25, -0.2) is 5.84 Å². The zero-order valence-corrected chi connectivity index (χ0v) is 14.2. The van der Waals surface area contributed by atoms with Gasteiger partial charge in [-0.15, -0.1) is 11.3 Å². The Morgan fingerprint density at radius 1 is 1.48 bits per heavy atom. The first-order valence-corrected chi connectivity index (χ1v) is 9.00. The molecule has 6 heteroatoms. The minimum Gasteiger partial charge on any atom is -0.299 e. The Labute approximate surface area is 133 Å². The standard InChI is InChI=1S/C15H21N3OS2/c1-10(9-20-3)18(2)8-12-11-6-4-5-7-13(11)21-14(12)15(19)17-16/h4-7,10H,8-9,16H2,1-3H3,(H,17,19). The second-order valence-electron chi connectivity index (χ2n) is 5.10. The van der Waals surface area contributed by atoms with Crippen molar-refractivity contribution in [2.45, 2.75) is 19.5 Å². The van der Waals surface area contributed by atoms with Gasteiger partial charge in [-0.05, 0) is 37.2 Å². The number of thiophene rings is 1. The number of nitrogen functional groups attached to an aromatic ring is 1. The molecule has 0 radical (unpaired) electrons. The third-order valence-electron chi connectivity index (χ3n) is 3.60. The van der Waals surface area contributed by atoms with E-state index < -0.39 is 0 Å². The molecule has 0 saturated heterocycles. The number of nitrogens with two attached hydrogens (primary N) is 1. The summed E-state index contributed by atoms with van der Waals surface area (Å²) in [4.78, 5) is 15.0. The number of benzene rings is 1. The molecule has 0 saturated carbocycles. The van der Waals surface area contributed by atoms with Crippen molar-refractivity contribution in [1.82, 2.24) is 10.3 Å². The van der Waals surface area contributed by atoms with Gasteiger partial charge in [0.05, 0.1) is 4.88 Å². The summed E-state index contributed by atoms with van der Waals surface area (Å²) in [7, 11) is 2.09. The van der Waals surface area contributed by atoms with Crippen LogP contribution in [0, 0.1) is 0 Å². The van der Waals surface area contributed by atoms with Gasteiger partial charge in [-0.3, -0.25) is 15.1 Å². The first-order chi connectivity index (χ1) is 10.1. The lowest BCUT2D eigenvalue weighted by Gasteiger charge is -2.24. The third-order valence-corrected chi connectivity index (χ3v) is 5.63. The minimum atomic E-state index is -0.211. The Bertz CT molecular complexity index is 626. The molecule has 3 N–H and O–H groups in total. The van der Waals surface area contributed by atoms with E-state index in [1.54, 1.807) is 0 Å². The molecule has 1 aromatic carbocycles. The van der Waals surface area contributed by atoms with Crippen LogP contribution in [0.4, 0.5) is 0 Å². The highest BCUT2D eigenvalue weighted by atomic mass is 32.2. The van der Waals surface area contributed by atoms with Crippen LogP contribution in [0.5, 0.6) is 0 Å². The molecule has 21 heavy (non-hydrogen) atoms. The highest BCUT2D eigenvalue weighted by Gasteiger charge is 2.20. The predicted molar refractivity (Wildman–Crippen MR) is 92.8 cm³/mol. The number of hydrogen-bond acceptors (Lipinski definition) is 5. The fourth-order valence-corrected chi connectivity index (χ4v) is 4.13.